The number of hydrogen-bond acceptors (Lipinski definition) is 5. The number of carbonyl (C=O) groups excluding carboxylic acids is 1. The van der Waals surface area contributed by atoms with Crippen molar-refractivity contribution < 1.29 is 9.53 Å². The molecular weight excluding hydrogens is 372 g/mol. The van der Waals surface area contributed by atoms with Crippen LogP contribution >= 0.6 is 11.3 Å². The van der Waals surface area contributed by atoms with Crippen molar-refractivity contribution in [1.82, 2.24) is 19.4 Å². The average Bonchev–Trinajstić information content (AvgIpc) is 3.34. The summed E-state index contributed by atoms with van der Waals surface area (Å²) in [7, 11) is 0. The molecule has 1 amide bonds. The number of aryl methyl sites for hydroxylation is 1. The summed E-state index contributed by atoms with van der Waals surface area (Å²) in [6.07, 6.45) is 5.15. The highest BCUT2D eigenvalue weighted by molar-refractivity contribution is 7.11. The largest absolute Gasteiger partial charge is 0.352 e. The molecule has 0 N–H and O–H groups in total. The van der Waals surface area contributed by atoms with E-state index in [1.54, 1.807) is 0 Å². The molecule has 2 aromatic heterocycles. The molecule has 6 nitrogen and oxygen atoms in total. The Bertz CT molecular complexity index is 818. The molecule has 1 saturated heterocycles. The molecular formula is C21H30N4O2S. The second-order valence-corrected chi connectivity index (χ2v) is 9.18. The van der Waals surface area contributed by atoms with Crippen LogP contribution in [0.5, 0.6) is 0 Å². The van der Waals surface area contributed by atoms with Crippen LogP contribution < -0.4 is 0 Å². The van der Waals surface area contributed by atoms with E-state index >= 15 is 0 Å². The van der Waals surface area contributed by atoms with E-state index in [9.17, 15) is 4.79 Å². The lowest BCUT2D eigenvalue weighted by Crippen LogP contribution is -2.54. The summed E-state index contributed by atoms with van der Waals surface area (Å²) in [6, 6.07) is 4.42. The Kier molecular flexibility index (Phi) is 5.58. The number of rotatable bonds is 5. The first-order chi connectivity index (χ1) is 13.5. The topological polar surface area (TPSA) is 50.6 Å². The van der Waals surface area contributed by atoms with Crippen LogP contribution in [0.4, 0.5) is 0 Å². The Hall–Kier alpha value is -1.70. The molecule has 2 aromatic rings. The second kappa shape index (κ2) is 7.97. The maximum Gasteiger partial charge on any atom is 0.253 e. The Balaban J connectivity index is 1.49. The number of thiophene rings is 1. The number of piperidine rings is 1. The Morgan fingerprint density at radius 3 is 2.71 bits per heavy atom. The Labute approximate surface area is 171 Å². The minimum Gasteiger partial charge on any atom is -0.352 e. The van der Waals surface area contributed by atoms with Gasteiger partial charge in [0.05, 0.1) is 6.54 Å². The van der Waals surface area contributed by atoms with Gasteiger partial charge in [0.2, 0.25) is 0 Å². The molecule has 0 saturated carbocycles. The fourth-order valence-corrected chi connectivity index (χ4v) is 5.40. The zero-order chi connectivity index (χ0) is 19.7. The summed E-state index contributed by atoms with van der Waals surface area (Å²) in [6.45, 7) is 11.1. The Morgan fingerprint density at radius 2 is 2.07 bits per heavy atom. The van der Waals surface area contributed by atoms with Gasteiger partial charge < -0.3 is 14.2 Å². The molecule has 28 heavy (non-hydrogen) atoms. The zero-order valence-electron chi connectivity index (χ0n) is 17.1. The smallest absolute Gasteiger partial charge is 0.253 e. The number of ether oxygens (including phenoxy) is 1. The molecule has 2 aliphatic heterocycles. The summed E-state index contributed by atoms with van der Waals surface area (Å²) < 4.78 is 8.68. The van der Waals surface area contributed by atoms with E-state index in [-0.39, 0.29) is 5.91 Å². The van der Waals surface area contributed by atoms with Gasteiger partial charge in [-0.2, -0.15) is 0 Å². The Morgan fingerprint density at radius 1 is 1.32 bits per heavy atom. The highest BCUT2D eigenvalue weighted by atomic mass is 32.1. The zero-order valence-corrected chi connectivity index (χ0v) is 17.9. The molecule has 1 spiro atoms. The van der Waals surface area contributed by atoms with Crippen molar-refractivity contribution in [2.45, 2.75) is 58.4 Å². The molecule has 0 aromatic carbocycles. The van der Waals surface area contributed by atoms with Crippen molar-refractivity contribution in [3.05, 3.63) is 40.1 Å². The third kappa shape index (κ3) is 3.63. The molecule has 4 rings (SSSR count). The van der Waals surface area contributed by atoms with Gasteiger partial charge in [-0.15, -0.1) is 11.3 Å². The maximum atomic E-state index is 13.0. The van der Waals surface area contributed by atoms with Gasteiger partial charge in [0.15, 0.2) is 6.10 Å². The fourth-order valence-electron chi connectivity index (χ4n) is 4.47. The number of likely N-dealkylation sites (tertiary alicyclic amines) is 1. The van der Waals surface area contributed by atoms with Gasteiger partial charge in [-0.25, -0.2) is 4.98 Å². The van der Waals surface area contributed by atoms with E-state index in [4.69, 9.17) is 4.74 Å². The third-order valence-electron chi connectivity index (χ3n) is 6.04. The lowest BCUT2D eigenvalue weighted by Gasteiger charge is -2.46. The second-order valence-electron chi connectivity index (χ2n) is 7.80. The first-order valence-corrected chi connectivity index (χ1v) is 11.1. The number of fused-ring (bicyclic) bond motifs is 2. The van der Waals surface area contributed by atoms with Crippen LogP contribution in [-0.2, 0) is 28.2 Å². The minimum absolute atomic E-state index is 0.0974. The maximum absolute atomic E-state index is 13.0. The lowest BCUT2D eigenvalue weighted by atomic mass is 9.88. The van der Waals surface area contributed by atoms with Crippen molar-refractivity contribution in [3.8, 4) is 0 Å². The molecule has 7 heteroatoms. The van der Waals surface area contributed by atoms with E-state index in [1.165, 1.54) is 9.75 Å². The fraction of sp³-hybridized carbons (Fsp3) is 0.619. The SMILES string of the molecule is CCN(CC)C(=O)[C@H]1Cn2ccnc2C2(CCN(Cc3ccc(C)s3)CC2)O1. The normalized spacial score (nSPS) is 21.6. The predicted molar refractivity (Wildman–Crippen MR) is 110 cm³/mol. The molecule has 0 bridgehead atoms. The van der Waals surface area contributed by atoms with Gasteiger partial charge >= 0.3 is 0 Å². The number of carbonyl (C=O) groups is 1. The highest BCUT2D eigenvalue weighted by Gasteiger charge is 2.47. The van der Waals surface area contributed by atoms with Gasteiger partial charge in [0, 0.05) is 54.9 Å². The van der Waals surface area contributed by atoms with E-state index < -0.39 is 11.7 Å². The summed E-state index contributed by atoms with van der Waals surface area (Å²) >= 11 is 1.87. The number of hydrogen-bond donors (Lipinski definition) is 0. The van der Waals surface area contributed by atoms with Crippen LogP contribution in [0.3, 0.4) is 0 Å². The summed E-state index contributed by atoms with van der Waals surface area (Å²) in [5.41, 5.74) is -0.447. The molecule has 0 unspecified atom stereocenters. The van der Waals surface area contributed by atoms with Crippen molar-refractivity contribution >= 4 is 17.2 Å². The standard InChI is InChI=1S/C21H30N4O2S/c1-4-24(5-2)19(26)18-15-25-13-10-22-20(25)21(27-18)8-11-23(12-9-21)14-17-7-6-16(3)28-17/h6-7,10,13,18H,4-5,8-9,11-12,14-15H2,1-3H3/t18-/m1/s1. The van der Waals surface area contributed by atoms with Gasteiger partial charge in [0.1, 0.15) is 11.4 Å². The number of likely N-dealkylation sites (N-methyl/N-ethyl adjacent to an activating group) is 1. The van der Waals surface area contributed by atoms with Crippen LogP contribution in [0.15, 0.2) is 24.5 Å². The van der Waals surface area contributed by atoms with Crippen LogP contribution in [0.1, 0.15) is 42.3 Å². The van der Waals surface area contributed by atoms with Gasteiger partial charge in [-0.1, -0.05) is 0 Å². The van der Waals surface area contributed by atoms with Gasteiger partial charge in [-0.3, -0.25) is 9.69 Å². The van der Waals surface area contributed by atoms with Crippen LogP contribution in [0.2, 0.25) is 0 Å². The van der Waals surface area contributed by atoms with Crippen LogP contribution in [0.25, 0.3) is 0 Å². The van der Waals surface area contributed by atoms with E-state index in [1.807, 2.05) is 42.5 Å². The molecule has 152 valence electrons. The van der Waals surface area contributed by atoms with E-state index in [2.05, 4.69) is 33.5 Å². The number of nitrogens with zero attached hydrogens (tertiary/aromatic N) is 4. The lowest BCUT2D eigenvalue weighted by molar-refractivity contribution is -0.181. The highest BCUT2D eigenvalue weighted by Crippen LogP contribution is 2.40. The van der Waals surface area contributed by atoms with Crippen molar-refractivity contribution in [3.63, 3.8) is 0 Å². The molecule has 0 radical (unpaired) electrons. The van der Waals surface area contributed by atoms with E-state index in [0.717, 1.165) is 38.3 Å². The predicted octanol–water partition coefficient (Wildman–Crippen LogP) is 3.01. The molecule has 2 aliphatic rings. The number of aromatic nitrogens is 2. The quantitative estimate of drug-likeness (QED) is 0.771. The summed E-state index contributed by atoms with van der Waals surface area (Å²) in [5.74, 6) is 1.09. The summed E-state index contributed by atoms with van der Waals surface area (Å²) in [4.78, 5) is 24.7. The van der Waals surface area contributed by atoms with Crippen molar-refractivity contribution in [2.75, 3.05) is 26.2 Å². The number of amides is 1. The van der Waals surface area contributed by atoms with Gasteiger partial charge in [-0.05, 0) is 45.7 Å². The molecule has 1 atom stereocenters. The van der Waals surface area contributed by atoms with Crippen molar-refractivity contribution in [2.24, 2.45) is 0 Å². The van der Waals surface area contributed by atoms with Crippen molar-refractivity contribution in [1.29, 1.82) is 0 Å². The average molecular weight is 403 g/mol. The van der Waals surface area contributed by atoms with Gasteiger partial charge in [0.25, 0.3) is 5.91 Å². The van der Waals surface area contributed by atoms with Crippen LogP contribution in [0, 0.1) is 6.92 Å². The van der Waals surface area contributed by atoms with E-state index in [0.29, 0.717) is 19.6 Å². The van der Waals surface area contributed by atoms with Crippen LogP contribution in [-0.4, -0.2) is 57.5 Å². The first kappa shape index (κ1) is 19.6. The summed E-state index contributed by atoms with van der Waals surface area (Å²) in [5, 5.41) is 0. The molecule has 0 aliphatic carbocycles. The molecule has 4 heterocycles. The third-order valence-corrected chi connectivity index (χ3v) is 7.03. The minimum atomic E-state index is -0.447. The first-order valence-electron chi connectivity index (χ1n) is 10.3. The number of imidazole rings is 1. The molecule has 1 fully saturated rings. The monoisotopic (exact) mass is 402 g/mol.